The summed E-state index contributed by atoms with van der Waals surface area (Å²) in [4.78, 5) is 10.1. The molecule has 0 aromatic carbocycles. The molecular weight excluding hydrogens is 487 g/mol. The van der Waals surface area contributed by atoms with Crippen molar-refractivity contribution in [3.8, 4) is 0 Å². The molecule has 218 valence electrons. The van der Waals surface area contributed by atoms with Crippen molar-refractivity contribution in [1.29, 1.82) is 0 Å². The summed E-state index contributed by atoms with van der Waals surface area (Å²) in [6, 6.07) is 0. The minimum Gasteiger partial charge on any atom is -0.379 e. The molecule has 0 rings (SSSR count). The van der Waals surface area contributed by atoms with E-state index in [1.807, 2.05) is 41.5 Å². The molecule has 10 heteroatoms. The van der Waals surface area contributed by atoms with E-state index in [2.05, 4.69) is 13.8 Å². The van der Waals surface area contributed by atoms with Crippen molar-refractivity contribution >= 4 is 8.60 Å². The first-order valence-electron chi connectivity index (χ1n) is 13.6. The van der Waals surface area contributed by atoms with Gasteiger partial charge in [-0.15, -0.1) is 0 Å². The monoisotopic (exact) mass is 542 g/mol. The van der Waals surface area contributed by atoms with Crippen LogP contribution in [-0.4, -0.2) is 94.4 Å². The van der Waals surface area contributed by atoms with Crippen LogP contribution >= 0.6 is 8.60 Å². The van der Waals surface area contributed by atoms with Gasteiger partial charge in [-0.2, -0.15) is 0 Å². The van der Waals surface area contributed by atoms with Crippen LogP contribution in [0.1, 0.15) is 81.1 Å². The van der Waals surface area contributed by atoms with Crippen molar-refractivity contribution in [3.05, 3.63) is 0 Å². The summed E-state index contributed by atoms with van der Waals surface area (Å²) in [5.74, 6) is 0. The smallest absolute Gasteiger partial charge is 0.330 e. The van der Waals surface area contributed by atoms with Crippen LogP contribution in [0, 0.1) is 0 Å². The summed E-state index contributed by atoms with van der Waals surface area (Å²) in [6.45, 7) is 20.1. The van der Waals surface area contributed by atoms with Crippen molar-refractivity contribution in [3.63, 3.8) is 0 Å². The van der Waals surface area contributed by atoms with E-state index in [4.69, 9.17) is 37.5 Å². The second-order valence-corrected chi connectivity index (χ2v) is 10.4. The molecule has 0 aromatic heterocycles. The number of unbranched alkanes of at least 4 members (excludes halogenated alkanes) is 2. The van der Waals surface area contributed by atoms with Crippen LogP contribution in [0.25, 0.3) is 0 Å². The Morgan fingerprint density at radius 2 is 0.806 bits per heavy atom. The first kappa shape index (κ1) is 36.1. The normalized spacial score (nSPS) is 17.9. The zero-order valence-corrected chi connectivity index (χ0v) is 25.0. The average Bonchev–Trinajstić information content (AvgIpc) is 2.84. The lowest BCUT2D eigenvalue weighted by molar-refractivity contribution is -0.0737. The fraction of sp³-hybridized carbons (Fsp3) is 1.00. The average molecular weight is 543 g/mol. The fourth-order valence-electron chi connectivity index (χ4n) is 2.78. The van der Waals surface area contributed by atoms with Gasteiger partial charge in [0.2, 0.25) is 0 Å². The van der Waals surface area contributed by atoms with Gasteiger partial charge in [-0.05, 0) is 54.4 Å². The van der Waals surface area contributed by atoms with Gasteiger partial charge in [0, 0.05) is 13.2 Å². The van der Waals surface area contributed by atoms with E-state index in [0.717, 1.165) is 38.9 Å². The van der Waals surface area contributed by atoms with Crippen LogP contribution in [0.5, 0.6) is 0 Å². The van der Waals surface area contributed by atoms with Gasteiger partial charge in [-0.1, -0.05) is 26.7 Å². The molecule has 0 heterocycles. The van der Waals surface area contributed by atoms with Crippen molar-refractivity contribution in [2.75, 3.05) is 52.9 Å². The van der Waals surface area contributed by atoms with Gasteiger partial charge in [-0.25, -0.2) is 0 Å². The molecule has 6 atom stereocenters. The summed E-state index contributed by atoms with van der Waals surface area (Å²) in [5, 5.41) is 0. The molecule has 0 aromatic rings. The maximum absolute atomic E-state index is 10.1. The predicted molar refractivity (Wildman–Crippen MR) is 143 cm³/mol. The summed E-state index contributed by atoms with van der Waals surface area (Å²) in [6.07, 6.45) is 3.59. The summed E-state index contributed by atoms with van der Waals surface area (Å²) in [7, 11) is -2.03. The second kappa shape index (κ2) is 24.1. The summed E-state index contributed by atoms with van der Waals surface area (Å²) < 4.78 is 45.3. The van der Waals surface area contributed by atoms with E-state index >= 15 is 0 Å². The van der Waals surface area contributed by atoms with E-state index in [1.54, 1.807) is 0 Å². The highest BCUT2D eigenvalue weighted by atomic mass is 31.2. The molecule has 9 nitrogen and oxygen atoms in total. The Balaban J connectivity index is 3.88. The molecule has 0 spiro atoms. The van der Waals surface area contributed by atoms with Gasteiger partial charge < -0.3 is 42.4 Å². The van der Waals surface area contributed by atoms with Gasteiger partial charge in [0.1, 0.15) is 0 Å². The molecule has 6 unspecified atom stereocenters. The van der Waals surface area contributed by atoms with Crippen molar-refractivity contribution in [2.24, 2.45) is 0 Å². The molecule has 0 fully saturated rings. The van der Waals surface area contributed by atoms with Gasteiger partial charge >= 0.3 is 8.60 Å². The Morgan fingerprint density at radius 1 is 0.500 bits per heavy atom. The van der Waals surface area contributed by atoms with Crippen LogP contribution in [-0.2, 0) is 37.5 Å². The Morgan fingerprint density at radius 3 is 1.14 bits per heavy atom. The lowest BCUT2D eigenvalue weighted by atomic mass is 10.3. The Kier molecular flexibility index (Phi) is 24.2. The van der Waals surface area contributed by atoms with Gasteiger partial charge in [-0.3, -0.25) is 0 Å². The zero-order chi connectivity index (χ0) is 27.2. The second-order valence-electron chi connectivity index (χ2n) is 9.50. The Bertz CT molecular complexity index is 435. The first-order valence-corrected chi connectivity index (χ1v) is 14.7. The molecule has 0 amide bonds. The molecule has 0 bridgehead atoms. The third kappa shape index (κ3) is 23.2. The largest absolute Gasteiger partial charge is 0.379 e. The maximum Gasteiger partial charge on any atom is 0.330 e. The third-order valence-electron chi connectivity index (χ3n) is 4.99. The van der Waals surface area contributed by atoms with E-state index in [1.165, 1.54) is 0 Å². The van der Waals surface area contributed by atoms with E-state index in [-0.39, 0.29) is 36.6 Å². The van der Waals surface area contributed by atoms with E-state index in [0.29, 0.717) is 39.6 Å². The minimum atomic E-state index is -2.03. The minimum absolute atomic E-state index is 0.0196. The number of ether oxygens (including phenoxy) is 6. The van der Waals surface area contributed by atoms with E-state index < -0.39 is 8.60 Å². The molecule has 0 radical (unpaired) electrons. The topological polar surface area (TPSA) is 94.1 Å². The summed E-state index contributed by atoms with van der Waals surface area (Å²) in [5.41, 5.74) is 0. The molecule has 0 saturated carbocycles. The molecule has 1 N–H and O–H groups in total. The number of hydrogen-bond donors (Lipinski definition) is 1. The maximum atomic E-state index is 10.1. The van der Waals surface area contributed by atoms with Crippen molar-refractivity contribution in [1.82, 2.24) is 0 Å². The van der Waals surface area contributed by atoms with Crippen LogP contribution in [0.4, 0.5) is 0 Å². The molecule has 0 aliphatic heterocycles. The number of hydrogen-bond acceptors (Lipinski definition) is 9. The Hall–Kier alpha value is 0.0700. The van der Waals surface area contributed by atoms with Gasteiger partial charge in [0.15, 0.2) is 0 Å². The summed E-state index contributed by atoms with van der Waals surface area (Å²) >= 11 is 0. The van der Waals surface area contributed by atoms with E-state index in [9.17, 15) is 4.89 Å². The highest BCUT2D eigenvalue weighted by Gasteiger charge is 2.19. The molecular formula is C26H55O9P. The fourth-order valence-corrected chi connectivity index (χ4v) is 3.56. The molecule has 0 saturated heterocycles. The third-order valence-corrected chi connectivity index (χ3v) is 6.07. The first-order chi connectivity index (χ1) is 17.2. The van der Waals surface area contributed by atoms with Crippen molar-refractivity contribution < 1.29 is 42.4 Å². The van der Waals surface area contributed by atoms with Crippen LogP contribution in [0.15, 0.2) is 0 Å². The van der Waals surface area contributed by atoms with Gasteiger partial charge in [0.25, 0.3) is 0 Å². The lowest BCUT2D eigenvalue weighted by Crippen LogP contribution is -2.27. The van der Waals surface area contributed by atoms with Crippen LogP contribution in [0.2, 0.25) is 0 Å². The highest BCUT2D eigenvalue weighted by molar-refractivity contribution is 7.40. The van der Waals surface area contributed by atoms with Crippen molar-refractivity contribution in [2.45, 2.75) is 118 Å². The molecule has 0 aliphatic rings. The molecule has 36 heavy (non-hydrogen) atoms. The Labute approximate surface area is 221 Å². The zero-order valence-electron chi connectivity index (χ0n) is 24.1. The quantitative estimate of drug-likeness (QED) is 0.116. The predicted octanol–water partition coefficient (Wildman–Crippen LogP) is 5.27. The van der Waals surface area contributed by atoms with Gasteiger partial charge in [0.05, 0.1) is 76.3 Å². The molecule has 0 aliphatic carbocycles. The SMILES string of the molecule is CCCCOCC(C)OCC(C)OCC(C)OP(O)OC(C)COC(C)COC(C)COCCCC. The van der Waals surface area contributed by atoms with Crippen LogP contribution < -0.4 is 0 Å². The number of rotatable bonds is 26. The lowest BCUT2D eigenvalue weighted by Gasteiger charge is -2.23. The standard InChI is InChI=1S/C26H55O9P/c1-9-11-13-28-15-21(3)30-17-23(5)32-19-25(7)34-36(27)35-26(8)20-33-24(6)18-31-22(4)16-29-14-12-10-2/h21-27H,9-20H2,1-8H3. The van der Waals surface area contributed by atoms with Crippen LogP contribution in [0.3, 0.4) is 0 Å². The highest BCUT2D eigenvalue weighted by Crippen LogP contribution is 2.36.